The molecule has 5 heteroatoms. The van der Waals surface area contributed by atoms with Crippen LogP contribution in [-0.4, -0.2) is 40.8 Å². The molecule has 1 aliphatic heterocycles. The van der Waals surface area contributed by atoms with E-state index >= 15 is 0 Å². The Hall–Kier alpha value is -1.91. The third-order valence-electron chi connectivity index (χ3n) is 3.04. The summed E-state index contributed by atoms with van der Waals surface area (Å²) < 4.78 is 0. The highest BCUT2D eigenvalue weighted by Crippen LogP contribution is 2.13. The zero-order valence-corrected chi connectivity index (χ0v) is 10.6. The van der Waals surface area contributed by atoms with Crippen molar-refractivity contribution in [1.82, 2.24) is 15.2 Å². The molecule has 0 aliphatic carbocycles. The maximum absolute atomic E-state index is 12.2. The predicted molar refractivity (Wildman–Crippen MR) is 67.1 cm³/mol. The van der Waals surface area contributed by atoms with Crippen molar-refractivity contribution in [2.75, 3.05) is 13.1 Å². The van der Waals surface area contributed by atoms with Crippen molar-refractivity contribution >= 4 is 11.8 Å². The van der Waals surface area contributed by atoms with Crippen LogP contribution < -0.4 is 5.32 Å². The first-order valence-electron chi connectivity index (χ1n) is 6.05. The lowest BCUT2D eigenvalue weighted by Gasteiger charge is -2.16. The maximum Gasteiger partial charge on any atom is 0.255 e. The molecule has 1 aromatic rings. The first-order chi connectivity index (χ1) is 8.56. The number of aromatic nitrogens is 1. The fraction of sp³-hybridized carbons (Fsp3) is 0.462. The fourth-order valence-corrected chi connectivity index (χ4v) is 2.13. The predicted octanol–water partition coefficient (Wildman–Crippen LogP) is 0.741. The van der Waals surface area contributed by atoms with Gasteiger partial charge in [0, 0.05) is 37.9 Å². The highest BCUT2D eigenvalue weighted by atomic mass is 16.2. The van der Waals surface area contributed by atoms with Crippen LogP contribution in [0.1, 0.15) is 29.4 Å². The van der Waals surface area contributed by atoms with Crippen LogP contribution in [0.2, 0.25) is 0 Å². The number of pyridine rings is 1. The second-order valence-electron chi connectivity index (χ2n) is 4.63. The minimum atomic E-state index is -0.0497. The summed E-state index contributed by atoms with van der Waals surface area (Å²) in [5, 5.41) is 2.84. The number of hydrogen-bond donors (Lipinski definition) is 1. The van der Waals surface area contributed by atoms with Crippen LogP contribution in [-0.2, 0) is 4.79 Å². The number of hydrogen-bond acceptors (Lipinski definition) is 3. The van der Waals surface area contributed by atoms with Gasteiger partial charge in [0.2, 0.25) is 5.91 Å². The Morgan fingerprint density at radius 1 is 1.44 bits per heavy atom. The molecule has 0 spiro atoms. The van der Waals surface area contributed by atoms with Gasteiger partial charge in [-0.25, -0.2) is 0 Å². The maximum atomic E-state index is 12.2. The van der Waals surface area contributed by atoms with Gasteiger partial charge in [0.25, 0.3) is 5.91 Å². The van der Waals surface area contributed by atoms with E-state index in [-0.39, 0.29) is 17.9 Å². The number of nitrogens with one attached hydrogen (secondary N) is 1. The quantitative estimate of drug-likeness (QED) is 0.838. The van der Waals surface area contributed by atoms with Gasteiger partial charge in [-0.05, 0) is 25.5 Å². The molecule has 5 nitrogen and oxygen atoms in total. The van der Waals surface area contributed by atoms with Crippen molar-refractivity contribution in [1.29, 1.82) is 0 Å². The monoisotopic (exact) mass is 247 g/mol. The molecule has 2 rings (SSSR count). The average molecular weight is 247 g/mol. The molecule has 2 amide bonds. The van der Waals surface area contributed by atoms with Gasteiger partial charge in [-0.1, -0.05) is 0 Å². The molecule has 0 aromatic carbocycles. The molecule has 1 saturated heterocycles. The Bertz CT molecular complexity index is 456. The summed E-state index contributed by atoms with van der Waals surface area (Å²) in [6.45, 7) is 4.63. The summed E-state index contributed by atoms with van der Waals surface area (Å²) in [6, 6.07) is 3.69. The highest BCUT2D eigenvalue weighted by molar-refractivity contribution is 5.94. The Kier molecular flexibility index (Phi) is 3.60. The van der Waals surface area contributed by atoms with E-state index in [2.05, 4.69) is 10.3 Å². The lowest BCUT2D eigenvalue weighted by molar-refractivity contribution is -0.119. The summed E-state index contributed by atoms with van der Waals surface area (Å²) in [6.07, 6.45) is 2.41. The van der Waals surface area contributed by atoms with Gasteiger partial charge in [-0.3, -0.25) is 14.6 Å². The summed E-state index contributed by atoms with van der Waals surface area (Å²) in [5.41, 5.74) is 1.49. The third-order valence-corrected chi connectivity index (χ3v) is 3.04. The van der Waals surface area contributed by atoms with Crippen LogP contribution in [0, 0.1) is 6.92 Å². The minimum Gasteiger partial charge on any atom is -0.352 e. The van der Waals surface area contributed by atoms with Crippen LogP contribution >= 0.6 is 0 Å². The standard InChI is InChI=1S/C13H17N3O2/c1-9-3-4-11(7-14-9)13(18)16-6-5-12(8-16)15-10(2)17/h3-4,7,12H,5-6,8H2,1-2H3,(H,15,17)/t12-/m1/s1. The Balaban J connectivity index is 1.99. The van der Waals surface area contributed by atoms with Crippen LogP contribution in [0.4, 0.5) is 0 Å². The van der Waals surface area contributed by atoms with Crippen LogP contribution in [0.5, 0.6) is 0 Å². The molecule has 1 atom stereocenters. The summed E-state index contributed by atoms with van der Waals surface area (Å²) in [5.74, 6) is -0.0679. The number of aryl methyl sites for hydroxylation is 1. The van der Waals surface area contributed by atoms with Gasteiger partial charge in [0.05, 0.1) is 5.56 Å². The number of amides is 2. The van der Waals surface area contributed by atoms with Crippen LogP contribution in [0.15, 0.2) is 18.3 Å². The van der Waals surface area contributed by atoms with E-state index in [4.69, 9.17) is 0 Å². The van der Waals surface area contributed by atoms with Gasteiger partial charge in [-0.2, -0.15) is 0 Å². The lowest BCUT2D eigenvalue weighted by atomic mass is 10.2. The fourth-order valence-electron chi connectivity index (χ4n) is 2.13. The van der Waals surface area contributed by atoms with Crippen molar-refractivity contribution in [2.24, 2.45) is 0 Å². The van der Waals surface area contributed by atoms with Crippen molar-refractivity contribution in [2.45, 2.75) is 26.3 Å². The number of carbonyl (C=O) groups is 2. The van der Waals surface area contributed by atoms with Gasteiger partial charge in [0.15, 0.2) is 0 Å². The van der Waals surface area contributed by atoms with Crippen LogP contribution in [0.3, 0.4) is 0 Å². The molecule has 0 bridgehead atoms. The number of carbonyl (C=O) groups excluding carboxylic acids is 2. The van der Waals surface area contributed by atoms with E-state index in [1.807, 2.05) is 13.0 Å². The average Bonchev–Trinajstić information content (AvgIpc) is 2.76. The molecule has 2 heterocycles. The molecule has 1 aromatic heterocycles. The lowest BCUT2D eigenvalue weighted by Crippen LogP contribution is -2.37. The second kappa shape index (κ2) is 5.16. The van der Waals surface area contributed by atoms with E-state index in [0.717, 1.165) is 12.1 Å². The molecular formula is C13H17N3O2. The minimum absolute atomic E-state index is 0.0182. The Morgan fingerprint density at radius 2 is 2.22 bits per heavy atom. The number of nitrogens with zero attached hydrogens (tertiary/aromatic N) is 2. The molecule has 1 aliphatic rings. The Morgan fingerprint density at radius 3 is 2.83 bits per heavy atom. The summed E-state index contributed by atoms with van der Waals surface area (Å²) in [4.78, 5) is 29.0. The van der Waals surface area contributed by atoms with Crippen molar-refractivity contribution in [3.63, 3.8) is 0 Å². The van der Waals surface area contributed by atoms with E-state index in [0.29, 0.717) is 18.7 Å². The first kappa shape index (κ1) is 12.5. The topological polar surface area (TPSA) is 62.3 Å². The van der Waals surface area contributed by atoms with Crippen molar-refractivity contribution < 1.29 is 9.59 Å². The zero-order chi connectivity index (χ0) is 13.1. The molecular weight excluding hydrogens is 230 g/mol. The third kappa shape index (κ3) is 2.85. The Labute approximate surface area is 106 Å². The molecule has 0 unspecified atom stereocenters. The molecule has 1 fully saturated rings. The SMILES string of the molecule is CC(=O)N[C@@H]1CCN(C(=O)c2ccc(C)nc2)C1. The van der Waals surface area contributed by atoms with Crippen molar-refractivity contribution in [3.05, 3.63) is 29.6 Å². The largest absolute Gasteiger partial charge is 0.352 e. The highest BCUT2D eigenvalue weighted by Gasteiger charge is 2.27. The van der Waals surface area contributed by atoms with Crippen LogP contribution in [0.25, 0.3) is 0 Å². The van der Waals surface area contributed by atoms with E-state index < -0.39 is 0 Å². The second-order valence-corrected chi connectivity index (χ2v) is 4.63. The van der Waals surface area contributed by atoms with Crippen molar-refractivity contribution in [3.8, 4) is 0 Å². The summed E-state index contributed by atoms with van der Waals surface area (Å²) in [7, 11) is 0. The molecule has 18 heavy (non-hydrogen) atoms. The smallest absolute Gasteiger partial charge is 0.255 e. The molecule has 0 saturated carbocycles. The van der Waals surface area contributed by atoms with E-state index in [1.54, 1.807) is 17.2 Å². The van der Waals surface area contributed by atoms with E-state index in [1.165, 1.54) is 6.92 Å². The molecule has 0 radical (unpaired) electrons. The first-order valence-corrected chi connectivity index (χ1v) is 6.05. The zero-order valence-electron chi connectivity index (χ0n) is 10.6. The number of rotatable bonds is 2. The van der Waals surface area contributed by atoms with Gasteiger partial charge < -0.3 is 10.2 Å². The van der Waals surface area contributed by atoms with E-state index in [9.17, 15) is 9.59 Å². The van der Waals surface area contributed by atoms with Gasteiger partial charge in [0.1, 0.15) is 0 Å². The van der Waals surface area contributed by atoms with Gasteiger partial charge >= 0.3 is 0 Å². The van der Waals surface area contributed by atoms with Gasteiger partial charge in [-0.15, -0.1) is 0 Å². The molecule has 96 valence electrons. The normalized spacial score (nSPS) is 18.8. The summed E-state index contributed by atoms with van der Waals surface area (Å²) >= 11 is 0. The molecule has 1 N–H and O–H groups in total. The number of likely N-dealkylation sites (tertiary alicyclic amines) is 1.